The van der Waals surface area contributed by atoms with Crippen LogP contribution in [-0.4, -0.2) is 0 Å². The lowest BCUT2D eigenvalue weighted by Gasteiger charge is -2.17. The van der Waals surface area contributed by atoms with E-state index in [1.54, 1.807) is 0 Å². The predicted octanol–water partition coefficient (Wildman–Crippen LogP) is 9.44. The molecule has 0 heterocycles. The van der Waals surface area contributed by atoms with E-state index in [-0.39, 0.29) is 0 Å². The minimum atomic E-state index is 0.485. The van der Waals surface area contributed by atoms with Crippen LogP contribution < -0.4 is 0 Å². The minimum absolute atomic E-state index is 0.485. The quantitative estimate of drug-likeness (QED) is 0.234. The maximum Gasteiger partial charge on any atom is 0.00561 e. The molecule has 0 aromatic heterocycles. The van der Waals surface area contributed by atoms with Gasteiger partial charge in [0, 0.05) is 5.92 Å². The molecule has 0 saturated heterocycles. The molecule has 1 aliphatic rings. The first kappa shape index (κ1) is 21.2. The van der Waals surface area contributed by atoms with Crippen LogP contribution in [0.4, 0.5) is 0 Å². The summed E-state index contributed by atoms with van der Waals surface area (Å²) in [4.78, 5) is 0. The predicted molar refractivity (Wildman–Crippen MR) is 145 cm³/mol. The molecule has 0 aliphatic heterocycles. The van der Waals surface area contributed by atoms with Crippen molar-refractivity contribution in [1.29, 1.82) is 0 Å². The number of allylic oxidation sites excluding steroid dienone is 4. The molecular weight excluding hydrogens is 396 g/mol. The number of benzene rings is 5. The summed E-state index contributed by atoms with van der Waals surface area (Å²) in [5.41, 5.74) is 5.52. The van der Waals surface area contributed by atoms with Crippen LogP contribution in [0.15, 0.2) is 115 Å². The molecule has 1 atom stereocenters. The summed E-state index contributed by atoms with van der Waals surface area (Å²) in [5.74, 6) is 0.485. The second-order valence-corrected chi connectivity index (χ2v) is 9.13. The highest BCUT2D eigenvalue weighted by atomic mass is 14.2. The third-order valence-electron chi connectivity index (χ3n) is 6.91. The number of rotatable bonds is 1. The van der Waals surface area contributed by atoms with Gasteiger partial charge in [-0.1, -0.05) is 109 Å². The van der Waals surface area contributed by atoms with Gasteiger partial charge in [-0.15, -0.1) is 0 Å². The standard InChI is InChI=1S/C25H20.C8H10/c1-17-10-12-18(13-11-17)19-14-15-24-22-8-3-2-6-20(22)21-7-4-5-9-23(21)25(24)16-19;1-7-5-3-4-6-8(7)2/h2-12,14-16,18H,13H2,1H3;3-6H,1-2H3. The molecule has 0 heteroatoms. The Morgan fingerprint density at radius 2 is 1.03 bits per heavy atom. The van der Waals surface area contributed by atoms with E-state index < -0.39 is 0 Å². The first-order chi connectivity index (χ1) is 16.1. The van der Waals surface area contributed by atoms with E-state index in [0.29, 0.717) is 5.92 Å². The Morgan fingerprint density at radius 1 is 0.545 bits per heavy atom. The molecule has 5 aromatic rings. The first-order valence-corrected chi connectivity index (χ1v) is 11.8. The topological polar surface area (TPSA) is 0 Å². The van der Waals surface area contributed by atoms with Crippen molar-refractivity contribution in [3.8, 4) is 0 Å². The van der Waals surface area contributed by atoms with Crippen molar-refractivity contribution in [2.24, 2.45) is 0 Å². The Hall–Kier alpha value is -3.64. The molecule has 5 aromatic carbocycles. The minimum Gasteiger partial charge on any atom is -0.0807 e. The van der Waals surface area contributed by atoms with E-state index in [9.17, 15) is 0 Å². The summed E-state index contributed by atoms with van der Waals surface area (Å²) < 4.78 is 0. The molecule has 0 saturated carbocycles. The fourth-order valence-electron chi connectivity index (χ4n) is 4.79. The van der Waals surface area contributed by atoms with Gasteiger partial charge in [0.2, 0.25) is 0 Å². The van der Waals surface area contributed by atoms with E-state index in [4.69, 9.17) is 0 Å². The van der Waals surface area contributed by atoms with Gasteiger partial charge in [0.15, 0.2) is 0 Å². The van der Waals surface area contributed by atoms with Gasteiger partial charge in [-0.2, -0.15) is 0 Å². The van der Waals surface area contributed by atoms with Crippen LogP contribution in [-0.2, 0) is 0 Å². The van der Waals surface area contributed by atoms with Crippen molar-refractivity contribution in [2.45, 2.75) is 33.1 Å². The smallest absolute Gasteiger partial charge is 0.00561 e. The van der Waals surface area contributed by atoms with Crippen molar-refractivity contribution in [3.63, 3.8) is 0 Å². The molecule has 0 nitrogen and oxygen atoms in total. The number of hydrogen-bond donors (Lipinski definition) is 0. The first-order valence-electron chi connectivity index (χ1n) is 11.8. The zero-order chi connectivity index (χ0) is 22.8. The Balaban J connectivity index is 0.000000243. The van der Waals surface area contributed by atoms with Crippen LogP contribution in [0.25, 0.3) is 32.3 Å². The molecule has 33 heavy (non-hydrogen) atoms. The van der Waals surface area contributed by atoms with Crippen LogP contribution in [0, 0.1) is 13.8 Å². The third-order valence-corrected chi connectivity index (χ3v) is 6.91. The van der Waals surface area contributed by atoms with Crippen molar-refractivity contribution >= 4 is 32.3 Å². The highest BCUT2D eigenvalue weighted by Gasteiger charge is 2.13. The molecule has 1 unspecified atom stereocenters. The largest absolute Gasteiger partial charge is 0.0807 e. The molecule has 0 radical (unpaired) electrons. The maximum absolute atomic E-state index is 2.41. The summed E-state index contributed by atoms with van der Waals surface area (Å²) >= 11 is 0. The highest BCUT2D eigenvalue weighted by molar-refractivity contribution is 6.25. The summed E-state index contributed by atoms with van der Waals surface area (Å²) in [7, 11) is 0. The lowest BCUT2D eigenvalue weighted by Crippen LogP contribution is -1.98. The van der Waals surface area contributed by atoms with Gasteiger partial charge < -0.3 is 0 Å². The monoisotopic (exact) mass is 426 g/mol. The molecule has 1 aliphatic carbocycles. The van der Waals surface area contributed by atoms with Gasteiger partial charge in [-0.25, -0.2) is 0 Å². The highest BCUT2D eigenvalue weighted by Crippen LogP contribution is 2.37. The van der Waals surface area contributed by atoms with Gasteiger partial charge >= 0.3 is 0 Å². The average Bonchev–Trinajstić information content (AvgIpc) is 2.87. The Morgan fingerprint density at radius 3 is 1.52 bits per heavy atom. The van der Waals surface area contributed by atoms with Gasteiger partial charge in [0.25, 0.3) is 0 Å². The van der Waals surface area contributed by atoms with E-state index in [2.05, 4.69) is 130 Å². The maximum atomic E-state index is 2.41. The van der Waals surface area contributed by atoms with Gasteiger partial charge in [-0.3, -0.25) is 0 Å². The molecule has 0 fully saturated rings. The van der Waals surface area contributed by atoms with Crippen molar-refractivity contribution < 1.29 is 0 Å². The SMILES string of the molecule is CC1=CCC(c2ccc3c4ccccc4c4ccccc4c3c2)C=C1.Cc1ccccc1C. The number of hydrogen-bond acceptors (Lipinski definition) is 0. The molecule has 0 amide bonds. The van der Waals surface area contributed by atoms with Crippen molar-refractivity contribution in [2.75, 3.05) is 0 Å². The zero-order valence-electron chi connectivity index (χ0n) is 19.7. The van der Waals surface area contributed by atoms with Gasteiger partial charge in [0.05, 0.1) is 0 Å². The van der Waals surface area contributed by atoms with Crippen LogP contribution in [0.1, 0.15) is 36.0 Å². The summed E-state index contributed by atoms with van der Waals surface area (Å²) in [5, 5.41) is 8.10. The number of aryl methyl sites for hydroxylation is 2. The zero-order valence-corrected chi connectivity index (χ0v) is 19.7. The van der Waals surface area contributed by atoms with Gasteiger partial charge in [0.1, 0.15) is 0 Å². The summed E-state index contributed by atoms with van der Waals surface area (Å²) in [6.45, 7) is 6.41. The third kappa shape index (κ3) is 4.22. The summed E-state index contributed by atoms with van der Waals surface area (Å²) in [6.07, 6.45) is 8.03. The van der Waals surface area contributed by atoms with E-state index in [1.165, 1.54) is 54.6 Å². The molecular formula is C33H30. The van der Waals surface area contributed by atoms with E-state index in [1.807, 2.05) is 0 Å². The van der Waals surface area contributed by atoms with Crippen LogP contribution >= 0.6 is 0 Å². The van der Waals surface area contributed by atoms with Crippen LogP contribution in [0.5, 0.6) is 0 Å². The molecule has 0 N–H and O–H groups in total. The second-order valence-electron chi connectivity index (χ2n) is 9.13. The number of fused-ring (bicyclic) bond motifs is 6. The molecule has 6 rings (SSSR count). The van der Waals surface area contributed by atoms with Crippen molar-refractivity contribution in [1.82, 2.24) is 0 Å². The lowest BCUT2D eigenvalue weighted by molar-refractivity contribution is 0.847. The van der Waals surface area contributed by atoms with Crippen molar-refractivity contribution in [3.05, 3.63) is 131 Å². The Kier molecular flexibility index (Phi) is 5.84. The fraction of sp³-hybridized carbons (Fsp3) is 0.152. The van der Waals surface area contributed by atoms with E-state index >= 15 is 0 Å². The molecule has 0 spiro atoms. The second kappa shape index (κ2) is 9.08. The molecule has 162 valence electrons. The van der Waals surface area contributed by atoms with E-state index in [0.717, 1.165) is 6.42 Å². The average molecular weight is 427 g/mol. The normalized spacial score (nSPS) is 15.4. The lowest BCUT2D eigenvalue weighted by atomic mass is 9.87. The van der Waals surface area contributed by atoms with Gasteiger partial charge in [-0.05, 0) is 82.3 Å². The Bertz CT molecular complexity index is 1460. The fourth-order valence-corrected chi connectivity index (χ4v) is 4.79. The van der Waals surface area contributed by atoms with Crippen LogP contribution in [0.2, 0.25) is 0 Å². The summed E-state index contributed by atoms with van der Waals surface area (Å²) in [6, 6.07) is 33.0. The Labute approximate surface area is 196 Å². The van der Waals surface area contributed by atoms with Crippen LogP contribution in [0.3, 0.4) is 0 Å². The molecule has 0 bridgehead atoms.